The second-order valence-electron chi connectivity index (χ2n) is 8.48. The topological polar surface area (TPSA) is 114 Å². The molecule has 0 aromatic heterocycles. The maximum absolute atomic E-state index is 12.9. The third-order valence-electron chi connectivity index (χ3n) is 5.87. The molecule has 0 aliphatic carbocycles. The molecule has 1 unspecified atom stereocenters. The number of rotatable bonds is 10. The minimum absolute atomic E-state index is 0.0322. The lowest BCUT2D eigenvalue weighted by Gasteiger charge is -2.22. The van der Waals surface area contributed by atoms with Crippen molar-refractivity contribution in [1.82, 2.24) is 5.32 Å². The predicted molar refractivity (Wildman–Crippen MR) is 145 cm³/mol. The predicted octanol–water partition coefficient (Wildman–Crippen LogP) is 4.61. The number of nitrogens with zero attached hydrogens (tertiary/aromatic N) is 1. The van der Waals surface area contributed by atoms with Crippen LogP contribution in [-0.2, 0) is 36.9 Å². The zero-order valence-corrected chi connectivity index (χ0v) is 22.5. The molecule has 2 amide bonds. The molecule has 9 nitrogen and oxygen atoms in total. The molecular weight excluding hydrogens is 571 g/mol. The van der Waals surface area contributed by atoms with Crippen molar-refractivity contribution in [3.63, 3.8) is 0 Å². The standard InChI is InChI=1S/C27H23Cl3N2O7/c28-20-7-4-8-21(29)19(20)14-37-18-11-9-16(10-12-18)13-22(27(35)36)31-25(33)23-24(39-15-38-23)26(34)32(30)17-5-2-1-3-6-17/h1-12,22-24H,13-15H2,(H,31,33)(H,35,36)/t22?,23-,24-/m1/s1. The first-order valence-corrected chi connectivity index (χ1v) is 12.8. The number of ether oxygens (including phenoxy) is 3. The molecule has 3 aromatic rings. The lowest BCUT2D eigenvalue weighted by molar-refractivity contribution is -0.144. The van der Waals surface area contributed by atoms with Crippen molar-refractivity contribution in [3.05, 3.63) is 94.0 Å². The lowest BCUT2D eigenvalue weighted by Crippen LogP contribution is -2.52. The number of halogens is 3. The van der Waals surface area contributed by atoms with Crippen LogP contribution >= 0.6 is 35.0 Å². The van der Waals surface area contributed by atoms with Crippen LogP contribution in [0.3, 0.4) is 0 Å². The lowest BCUT2D eigenvalue weighted by atomic mass is 10.0. The fraction of sp³-hybridized carbons (Fsp3) is 0.222. The Labute approximate surface area is 239 Å². The van der Waals surface area contributed by atoms with Crippen LogP contribution in [0.1, 0.15) is 11.1 Å². The van der Waals surface area contributed by atoms with Crippen molar-refractivity contribution in [2.45, 2.75) is 31.3 Å². The number of aliphatic carboxylic acids is 1. The van der Waals surface area contributed by atoms with Crippen molar-refractivity contribution < 1.29 is 33.7 Å². The molecule has 1 saturated heterocycles. The van der Waals surface area contributed by atoms with Crippen LogP contribution in [-0.4, -0.2) is 47.9 Å². The number of benzene rings is 3. The van der Waals surface area contributed by atoms with Crippen LogP contribution < -0.4 is 14.5 Å². The van der Waals surface area contributed by atoms with Gasteiger partial charge in [-0.05, 0) is 42.0 Å². The molecule has 1 aliphatic heterocycles. The summed E-state index contributed by atoms with van der Waals surface area (Å²) in [4.78, 5) is 37.7. The number of amides is 2. The van der Waals surface area contributed by atoms with E-state index in [2.05, 4.69) is 5.32 Å². The van der Waals surface area contributed by atoms with E-state index in [1.165, 1.54) is 0 Å². The Morgan fingerprint density at radius 3 is 2.23 bits per heavy atom. The van der Waals surface area contributed by atoms with Gasteiger partial charge in [0.25, 0.3) is 11.8 Å². The molecule has 204 valence electrons. The first-order valence-electron chi connectivity index (χ1n) is 11.7. The van der Waals surface area contributed by atoms with Gasteiger partial charge in [-0.3, -0.25) is 9.59 Å². The highest BCUT2D eigenvalue weighted by molar-refractivity contribution is 6.37. The van der Waals surface area contributed by atoms with E-state index in [0.717, 1.165) is 4.42 Å². The van der Waals surface area contributed by atoms with Gasteiger partial charge < -0.3 is 24.6 Å². The quantitative estimate of drug-likeness (QED) is 0.330. The number of carboxylic acid groups (broad SMARTS) is 1. The van der Waals surface area contributed by atoms with Gasteiger partial charge in [-0.1, -0.05) is 59.6 Å². The van der Waals surface area contributed by atoms with Gasteiger partial charge >= 0.3 is 5.97 Å². The van der Waals surface area contributed by atoms with Crippen LogP contribution in [0.5, 0.6) is 5.75 Å². The Balaban J connectivity index is 1.36. The Bertz CT molecular complexity index is 1300. The molecule has 4 rings (SSSR count). The van der Waals surface area contributed by atoms with Gasteiger partial charge in [0.05, 0.1) is 5.69 Å². The molecule has 2 N–H and O–H groups in total. The molecule has 39 heavy (non-hydrogen) atoms. The van der Waals surface area contributed by atoms with Crippen molar-refractivity contribution in [2.24, 2.45) is 0 Å². The van der Waals surface area contributed by atoms with Crippen LogP contribution in [0.15, 0.2) is 72.8 Å². The summed E-state index contributed by atoms with van der Waals surface area (Å²) in [6.45, 7) is -0.175. The van der Waals surface area contributed by atoms with E-state index in [1.54, 1.807) is 72.8 Å². The average Bonchev–Trinajstić information content (AvgIpc) is 3.43. The summed E-state index contributed by atoms with van der Waals surface area (Å²) in [5.41, 5.74) is 1.65. The van der Waals surface area contributed by atoms with Gasteiger partial charge in [-0.2, -0.15) is 0 Å². The molecular formula is C27H23Cl3N2O7. The first-order chi connectivity index (χ1) is 18.7. The highest BCUT2D eigenvalue weighted by atomic mass is 35.5. The zero-order valence-electron chi connectivity index (χ0n) is 20.3. The maximum Gasteiger partial charge on any atom is 0.326 e. The molecule has 1 fully saturated rings. The smallest absolute Gasteiger partial charge is 0.326 e. The van der Waals surface area contributed by atoms with Crippen LogP contribution in [0, 0.1) is 0 Å². The number of hydrogen-bond acceptors (Lipinski definition) is 6. The number of carboxylic acids is 1. The Kier molecular flexibility index (Phi) is 9.66. The van der Waals surface area contributed by atoms with E-state index in [4.69, 9.17) is 49.2 Å². The Morgan fingerprint density at radius 1 is 0.949 bits per heavy atom. The normalized spacial score (nSPS) is 17.3. The molecule has 0 bridgehead atoms. The summed E-state index contributed by atoms with van der Waals surface area (Å²) in [7, 11) is 0. The second kappa shape index (κ2) is 13.1. The minimum Gasteiger partial charge on any atom is -0.489 e. The number of carbonyl (C=O) groups is 3. The van der Waals surface area contributed by atoms with Crippen LogP contribution in [0.4, 0.5) is 5.69 Å². The number of carbonyl (C=O) groups excluding carboxylic acids is 2. The highest BCUT2D eigenvalue weighted by Crippen LogP contribution is 2.26. The molecule has 0 radical (unpaired) electrons. The third-order valence-corrected chi connectivity index (χ3v) is 6.94. The second-order valence-corrected chi connectivity index (χ2v) is 9.64. The fourth-order valence-electron chi connectivity index (χ4n) is 3.81. The number of anilines is 1. The van der Waals surface area contributed by atoms with Gasteiger partial charge in [0.1, 0.15) is 25.2 Å². The van der Waals surface area contributed by atoms with E-state index >= 15 is 0 Å². The third kappa shape index (κ3) is 7.20. The number of nitrogens with one attached hydrogen (secondary N) is 1. The van der Waals surface area contributed by atoms with Crippen LogP contribution in [0.2, 0.25) is 10.0 Å². The Morgan fingerprint density at radius 2 is 1.59 bits per heavy atom. The van der Waals surface area contributed by atoms with Crippen molar-refractivity contribution in [3.8, 4) is 5.75 Å². The van der Waals surface area contributed by atoms with E-state index in [1.807, 2.05) is 0 Å². The summed E-state index contributed by atoms with van der Waals surface area (Å²) < 4.78 is 17.2. The average molecular weight is 594 g/mol. The SMILES string of the molecule is O=C(O)C(Cc1ccc(OCc2c(Cl)cccc2Cl)cc1)NC(=O)[C@@H]1OCO[C@H]1C(=O)N(Cl)c1ccccc1. The first kappa shape index (κ1) is 28.7. The van der Waals surface area contributed by atoms with Crippen molar-refractivity contribution >= 4 is 58.4 Å². The van der Waals surface area contributed by atoms with Gasteiger partial charge in [-0.25, -0.2) is 9.21 Å². The number of para-hydroxylation sites is 1. The summed E-state index contributed by atoms with van der Waals surface area (Å²) in [5, 5.41) is 13.1. The fourth-order valence-corrected chi connectivity index (χ4v) is 4.53. The zero-order chi connectivity index (χ0) is 27.9. The molecule has 12 heteroatoms. The van der Waals surface area contributed by atoms with Gasteiger partial charge in [0.2, 0.25) is 0 Å². The van der Waals surface area contributed by atoms with E-state index in [0.29, 0.717) is 32.6 Å². The highest BCUT2D eigenvalue weighted by Gasteiger charge is 2.43. The van der Waals surface area contributed by atoms with Gasteiger partial charge in [0, 0.05) is 33.8 Å². The molecule has 3 atom stereocenters. The summed E-state index contributed by atoms with van der Waals surface area (Å²) in [6.07, 6.45) is -2.76. The largest absolute Gasteiger partial charge is 0.489 e. The van der Waals surface area contributed by atoms with Crippen LogP contribution in [0.25, 0.3) is 0 Å². The van der Waals surface area contributed by atoms with Crippen molar-refractivity contribution in [1.29, 1.82) is 0 Å². The van der Waals surface area contributed by atoms with E-state index in [-0.39, 0.29) is 19.8 Å². The van der Waals surface area contributed by atoms with Gasteiger partial charge in [0.15, 0.2) is 12.2 Å². The summed E-state index contributed by atoms with van der Waals surface area (Å²) >= 11 is 18.5. The van der Waals surface area contributed by atoms with E-state index in [9.17, 15) is 19.5 Å². The molecule has 0 spiro atoms. The summed E-state index contributed by atoms with van der Waals surface area (Å²) in [6, 6.07) is 18.9. The van der Waals surface area contributed by atoms with Crippen molar-refractivity contribution in [2.75, 3.05) is 11.2 Å². The molecule has 1 aliphatic rings. The Hall–Kier alpha value is -3.34. The minimum atomic E-state index is -1.38. The monoisotopic (exact) mass is 592 g/mol. The summed E-state index contributed by atoms with van der Waals surface area (Å²) in [5.74, 6) is -2.27. The molecule has 1 heterocycles. The molecule has 3 aromatic carbocycles. The maximum atomic E-state index is 12.9. The number of hydrogen-bond donors (Lipinski definition) is 2. The van der Waals surface area contributed by atoms with E-state index < -0.39 is 36.0 Å². The van der Waals surface area contributed by atoms with Gasteiger partial charge in [-0.15, -0.1) is 0 Å². The molecule has 0 saturated carbocycles.